The third-order valence-electron chi connectivity index (χ3n) is 5.19. The van der Waals surface area contributed by atoms with Gasteiger partial charge < -0.3 is 10.2 Å². The first-order valence-corrected chi connectivity index (χ1v) is 11.3. The van der Waals surface area contributed by atoms with Crippen molar-refractivity contribution in [1.82, 2.24) is 5.32 Å². The van der Waals surface area contributed by atoms with E-state index in [1.54, 1.807) is 11.3 Å². The Morgan fingerprint density at radius 3 is 2.78 bits per heavy atom. The quantitative estimate of drug-likeness (QED) is 0.590. The zero-order valence-electron chi connectivity index (χ0n) is 15.3. The molecule has 1 unspecified atom stereocenters. The maximum Gasteiger partial charge on any atom is 0.275 e. The minimum absolute atomic E-state index is 0.165. The summed E-state index contributed by atoms with van der Waals surface area (Å²) in [7, 11) is 0. The Hall–Kier alpha value is -1.95. The zero-order chi connectivity index (χ0) is 18.5. The molecule has 3 aromatic rings. The summed E-state index contributed by atoms with van der Waals surface area (Å²) in [5.74, 6) is 0.165. The Bertz CT molecular complexity index is 858. The molecule has 1 aromatic carbocycles. The number of quaternary nitrogens is 1. The third kappa shape index (κ3) is 4.49. The molecule has 0 bridgehead atoms. The number of fused-ring (bicyclic) bond motifs is 1. The number of thiophene rings is 2. The predicted molar refractivity (Wildman–Crippen MR) is 113 cm³/mol. The first-order valence-electron chi connectivity index (χ1n) is 9.56. The predicted octanol–water partition coefficient (Wildman–Crippen LogP) is 3.09. The lowest BCUT2D eigenvalue weighted by Gasteiger charge is -2.31. The van der Waals surface area contributed by atoms with E-state index < -0.39 is 0 Å². The molecular formula is C22H25N2OS2+. The highest BCUT2D eigenvalue weighted by Gasteiger charge is 2.34. The van der Waals surface area contributed by atoms with Crippen LogP contribution in [0.25, 0.3) is 0 Å². The van der Waals surface area contributed by atoms with Crippen LogP contribution in [-0.2, 0) is 17.6 Å². The Labute approximate surface area is 168 Å². The van der Waals surface area contributed by atoms with E-state index in [0.29, 0.717) is 12.6 Å². The second-order valence-electron chi connectivity index (χ2n) is 7.02. The SMILES string of the molecule is O=C(C[NH+]1CCc2sccc2[C@H]1c1cccs1)NCCCc1ccccc1. The molecule has 3 nitrogen and oxygen atoms in total. The number of amides is 1. The van der Waals surface area contributed by atoms with E-state index in [0.717, 1.165) is 32.4 Å². The molecule has 2 atom stereocenters. The summed E-state index contributed by atoms with van der Waals surface area (Å²) < 4.78 is 0. The number of rotatable bonds is 7. The molecule has 140 valence electrons. The fourth-order valence-electron chi connectivity index (χ4n) is 3.88. The standard InChI is InChI=1S/C22H24N2OS2/c25-21(23-12-4-8-17-6-2-1-3-7-17)16-24-13-10-19-18(11-15-27-19)22(24)20-9-5-14-26-20/h1-3,5-7,9,11,14-15,22H,4,8,10,12-13,16H2,(H,23,25)/p+1/t22-/m0/s1. The summed E-state index contributed by atoms with van der Waals surface area (Å²) in [6, 6.07) is 17.3. The molecule has 4 rings (SSSR count). The van der Waals surface area contributed by atoms with Gasteiger partial charge in [-0.15, -0.1) is 22.7 Å². The van der Waals surface area contributed by atoms with Crippen LogP contribution in [0.15, 0.2) is 59.3 Å². The highest BCUT2D eigenvalue weighted by molar-refractivity contribution is 7.10. The van der Waals surface area contributed by atoms with Crippen molar-refractivity contribution in [2.24, 2.45) is 0 Å². The maximum atomic E-state index is 12.6. The largest absolute Gasteiger partial charge is 0.351 e. The van der Waals surface area contributed by atoms with Crippen LogP contribution >= 0.6 is 22.7 Å². The molecular weight excluding hydrogens is 372 g/mol. The molecule has 3 heterocycles. The molecule has 1 aliphatic heterocycles. The Morgan fingerprint density at radius 2 is 1.96 bits per heavy atom. The number of carbonyl (C=O) groups excluding carboxylic acids is 1. The van der Waals surface area contributed by atoms with E-state index >= 15 is 0 Å². The van der Waals surface area contributed by atoms with E-state index in [1.807, 2.05) is 17.4 Å². The van der Waals surface area contributed by atoms with Gasteiger partial charge in [0.15, 0.2) is 6.54 Å². The van der Waals surface area contributed by atoms with Gasteiger partial charge in [-0.05, 0) is 41.3 Å². The van der Waals surface area contributed by atoms with Crippen LogP contribution in [0.2, 0.25) is 0 Å². The van der Waals surface area contributed by atoms with Gasteiger partial charge in [0.2, 0.25) is 0 Å². The van der Waals surface area contributed by atoms with Crippen LogP contribution in [0.4, 0.5) is 0 Å². The molecule has 0 spiro atoms. The number of nitrogens with one attached hydrogen (secondary N) is 2. The van der Waals surface area contributed by atoms with E-state index in [1.165, 1.54) is 25.8 Å². The second kappa shape index (κ2) is 8.83. The van der Waals surface area contributed by atoms with Gasteiger partial charge in [0.1, 0.15) is 6.04 Å². The number of hydrogen-bond donors (Lipinski definition) is 2. The number of carbonyl (C=O) groups is 1. The topological polar surface area (TPSA) is 33.5 Å². The fraction of sp³-hybridized carbons (Fsp3) is 0.318. The van der Waals surface area contributed by atoms with Crippen molar-refractivity contribution in [3.8, 4) is 0 Å². The highest BCUT2D eigenvalue weighted by Crippen LogP contribution is 2.31. The smallest absolute Gasteiger partial charge is 0.275 e. The van der Waals surface area contributed by atoms with Crippen molar-refractivity contribution in [1.29, 1.82) is 0 Å². The lowest BCUT2D eigenvalue weighted by atomic mass is 9.98. The van der Waals surface area contributed by atoms with Crippen molar-refractivity contribution in [3.63, 3.8) is 0 Å². The summed E-state index contributed by atoms with van der Waals surface area (Å²) in [4.78, 5) is 16.8. The van der Waals surface area contributed by atoms with Crippen LogP contribution in [0.3, 0.4) is 0 Å². The van der Waals surface area contributed by atoms with E-state index in [9.17, 15) is 4.79 Å². The molecule has 0 fully saturated rings. The average molecular weight is 398 g/mol. The summed E-state index contributed by atoms with van der Waals surface area (Å²) >= 11 is 3.65. The van der Waals surface area contributed by atoms with Crippen molar-refractivity contribution in [2.45, 2.75) is 25.3 Å². The minimum Gasteiger partial charge on any atom is -0.351 e. The van der Waals surface area contributed by atoms with Gasteiger partial charge in [-0.1, -0.05) is 36.4 Å². The molecule has 2 N–H and O–H groups in total. The average Bonchev–Trinajstić information content (AvgIpc) is 3.38. The zero-order valence-corrected chi connectivity index (χ0v) is 17.0. The first-order chi connectivity index (χ1) is 13.3. The van der Waals surface area contributed by atoms with Gasteiger partial charge in [-0.25, -0.2) is 0 Å². The molecule has 0 aliphatic carbocycles. The second-order valence-corrected chi connectivity index (χ2v) is 9.00. The molecule has 5 heteroatoms. The number of aryl methyl sites for hydroxylation is 1. The van der Waals surface area contributed by atoms with Crippen molar-refractivity contribution >= 4 is 28.6 Å². The molecule has 1 aliphatic rings. The number of benzene rings is 1. The molecule has 0 saturated carbocycles. The monoisotopic (exact) mass is 397 g/mol. The van der Waals surface area contributed by atoms with Gasteiger partial charge in [-0.2, -0.15) is 0 Å². The van der Waals surface area contributed by atoms with Gasteiger partial charge in [0.25, 0.3) is 5.91 Å². The van der Waals surface area contributed by atoms with Gasteiger partial charge in [0.05, 0.1) is 11.4 Å². The summed E-state index contributed by atoms with van der Waals surface area (Å²) in [5, 5.41) is 7.46. The molecule has 1 amide bonds. The highest BCUT2D eigenvalue weighted by atomic mass is 32.1. The van der Waals surface area contributed by atoms with E-state index in [2.05, 4.69) is 58.5 Å². The fourth-order valence-corrected chi connectivity index (χ4v) is 5.71. The van der Waals surface area contributed by atoms with Crippen LogP contribution < -0.4 is 10.2 Å². The summed E-state index contributed by atoms with van der Waals surface area (Å²) in [6.45, 7) is 2.31. The molecule has 0 saturated heterocycles. The van der Waals surface area contributed by atoms with Gasteiger partial charge >= 0.3 is 0 Å². The van der Waals surface area contributed by atoms with Crippen molar-refractivity contribution < 1.29 is 9.69 Å². The van der Waals surface area contributed by atoms with Crippen LogP contribution in [0.5, 0.6) is 0 Å². The van der Waals surface area contributed by atoms with Crippen LogP contribution in [0.1, 0.15) is 33.3 Å². The summed E-state index contributed by atoms with van der Waals surface area (Å²) in [5.41, 5.74) is 2.75. The molecule has 0 radical (unpaired) electrons. The lowest BCUT2D eigenvalue weighted by molar-refractivity contribution is -0.919. The normalized spacial score (nSPS) is 18.8. The summed E-state index contributed by atoms with van der Waals surface area (Å²) in [6.07, 6.45) is 3.06. The van der Waals surface area contributed by atoms with E-state index in [-0.39, 0.29) is 5.91 Å². The first kappa shape index (κ1) is 18.4. The number of hydrogen-bond acceptors (Lipinski definition) is 3. The van der Waals surface area contributed by atoms with E-state index in [4.69, 9.17) is 0 Å². The lowest BCUT2D eigenvalue weighted by Crippen LogP contribution is -3.14. The van der Waals surface area contributed by atoms with Crippen LogP contribution in [-0.4, -0.2) is 25.5 Å². The minimum atomic E-state index is 0.165. The molecule has 27 heavy (non-hydrogen) atoms. The van der Waals surface area contributed by atoms with Gasteiger partial charge in [0, 0.05) is 23.4 Å². The van der Waals surface area contributed by atoms with Gasteiger partial charge in [-0.3, -0.25) is 4.79 Å². The van der Waals surface area contributed by atoms with Crippen LogP contribution in [0, 0.1) is 0 Å². The van der Waals surface area contributed by atoms with Crippen molar-refractivity contribution in [2.75, 3.05) is 19.6 Å². The van der Waals surface area contributed by atoms with Crippen molar-refractivity contribution in [3.05, 3.63) is 80.2 Å². The maximum absolute atomic E-state index is 12.6. The third-order valence-corrected chi connectivity index (χ3v) is 7.13. The Kier molecular flexibility index (Phi) is 6.02. The Balaban J connectivity index is 1.33. The molecule has 2 aromatic heterocycles. The Morgan fingerprint density at radius 1 is 1.07 bits per heavy atom.